The fourth-order valence-corrected chi connectivity index (χ4v) is 3.79. The van der Waals surface area contributed by atoms with Crippen molar-refractivity contribution in [1.29, 1.82) is 10.5 Å². The van der Waals surface area contributed by atoms with Gasteiger partial charge in [0.2, 0.25) is 0 Å². The maximum atomic E-state index is 14.1. The Morgan fingerprint density at radius 3 is 2.97 bits per heavy atom. The van der Waals surface area contributed by atoms with E-state index < -0.39 is 18.0 Å². The molecule has 0 radical (unpaired) electrons. The van der Waals surface area contributed by atoms with Gasteiger partial charge in [-0.2, -0.15) is 10.5 Å². The zero-order valence-electron chi connectivity index (χ0n) is 16.8. The number of nitrogens with zero attached hydrogens (tertiary/aromatic N) is 2. The maximum Gasteiger partial charge on any atom is 0.251 e. The quantitative estimate of drug-likeness (QED) is 0.785. The first-order chi connectivity index (χ1) is 15.1. The molecule has 1 amide bonds. The summed E-state index contributed by atoms with van der Waals surface area (Å²) in [5, 5.41) is 24.4. The number of carbonyl (C=O) groups is 1. The second-order valence-corrected chi connectivity index (χ2v) is 7.53. The van der Waals surface area contributed by atoms with E-state index in [1.54, 1.807) is 0 Å². The molecule has 158 valence electrons. The van der Waals surface area contributed by atoms with Crippen molar-refractivity contribution >= 4 is 5.91 Å². The van der Waals surface area contributed by atoms with Gasteiger partial charge in [-0.15, -0.1) is 0 Å². The first kappa shape index (κ1) is 20.8. The van der Waals surface area contributed by atoms with Crippen LogP contribution in [0, 0.1) is 28.5 Å². The van der Waals surface area contributed by atoms with E-state index >= 15 is 0 Å². The number of halogens is 1. The predicted molar refractivity (Wildman–Crippen MR) is 109 cm³/mol. The van der Waals surface area contributed by atoms with Crippen molar-refractivity contribution in [3.8, 4) is 29.0 Å². The van der Waals surface area contributed by atoms with Gasteiger partial charge < -0.3 is 20.1 Å². The van der Waals surface area contributed by atoms with E-state index in [9.17, 15) is 14.4 Å². The monoisotopic (exact) mass is 420 g/mol. The van der Waals surface area contributed by atoms with E-state index in [2.05, 4.69) is 16.7 Å². The minimum atomic E-state index is -0.704. The summed E-state index contributed by atoms with van der Waals surface area (Å²) < 4.78 is 25.4. The number of nitriles is 2. The van der Waals surface area contributed by atoms with Crippen molar-refractivity contribution in [2.24, 2.45) is 0 Å². The molecule has 1 saturated heterocycles. The molecule has 2 aromatic carbocycles. The molecule has 0 bridgehead atoms. The number of fused-ring (bicyclic) bond motifs is 3. The van der Waals surface area contributed by atoms with Gasteiger partial charge in [-0.05, 0) is 35.7 Å². The fourth-order valence-electron chi connectivity index (χ4n) is 3.79. The molecule has 2 aliphatic heterocycles. The summed E-state index contributed by atoms with van der Waals surface area (Å²) in [5.74, 6) is -0.429. The summed E-state index contributed by atoms with van der Waals surface area (Å²) in [6.45, 7) is 2.00. The van der Waals surface area contributed by atoms with E-state index in [4.69, 9.17) is 14.7 Å². The normalized spacial score (nSPS) is 18.2. The number of benzene rings is 2. The zero-order valence-corrected chi connectivity index (χ0v) is 16.8. The van der Waals surface area contributed by atoms with Crippen LogP contribution in [0.3, 0.4) is 0 Å². The van der Waals surface area contributed by atoms with Crippen molar-refractivity contribution in [3.63, 3.8) is 0 Å². The largest absolute Gasteiger partial charge is 0.488 e. The number of rotatable bonds is 4. The van der Waals surface area contributed by atoms with Crippen molar-refractivity contribution in [3.05, 3.63) is 52.8 Å². The number of amides is 1. The van der Waals surface area contributed by atoms with Gasteiger partial charge in [-0.3, -0.25) is 4.79 Å². The van der Waals surface area contributed by atoms with Crippen LogP contribution in [-0.2, 0) is 22.6 Å². The van der Waals surface area contributed by atoms with Crippen LogP contribution >= 0.6 is 0 Å². The molecule has 0 aliphatic carbocycles. The summed E-state index contributed by atoms with van der Waals surface area (Å²) >= 11 is 0. The van der Waals surface area contributed by atoms with Crippen molar-refractivity contribution in [1.82, 2.24) is 10.6 Å². The van der Waals surface area contributed by atoms with Crippen LogP contribution in [-0.4, -0.2) is 37.7 Å². The maximum absolute atomic E-state index is 14.1. The predicted octanol–water partition coefficient (Wildman–Crippen LogP) is 2.19. The first-order valence-electron chi connectivity index (χ1n) is 10.1. The van der Waals surface area contributed by atoms with Gasteiger partial charge in [0.05, 0.1) is 11.6 Å². The Kier molecular flexibility index (Phi) is 6.13. The minimum Gasteiger partial charge on any atom is -0.488 e. The molecule has 1 unspecified atom stereocenters. The van der Waals surface area contributed by atoms with Gasteiger partial charge in [-0.1, -0.05) is 18.2 Å². The van der Waals surface area contributed by atoms with Crippen LogP contribution in [0.25, 0.3) is 11.1 Å². The lowest BCUT2D eigenvalue weighted by Gasteiger charge is -2.22. The molecule has 2 heterocycles. The number of hydrogen-bond donors (Lipinski definition) is 2. The van der Waals surface area contributed by atoms with Crippen LogP contribution in [0.2, 0.25) is 0 Å². The van der Waals surface area contributed by atoms with Crippen molar-refractivity contribution < 1.29 is 18.7 Å². The highest BCUT2D eigenvalue weighted by Crippen LogP contribution is 2.39. The Morgan fingerprint density at radius 1 is 1.29 bits per heavy atom. The van der Waals surface area contributed by atoms with E-state index in [1.165, 1.54) is 12.1 Å². The summed E-state index contributed by atoms with van der Waals surface area (Å²) in [7, 11) is 0. The number of nitrogens with one attached hydrogen (secondary N) is 2. The summed E-state index contributed by atoms with van der Waals surface area (Å²) in [6.07, 6.45) is 0.553. The van der Waals surface area contributed by atoms with Crippen molar-refractivity contribution in [2.75, 3.05) is 19.7 Å². The molecule has 0 saturated carbocycles. The molecular weight excluding hydrogens is 399 g/mol. The molecular formula is C23H21FN4O3. The molecule has 7 nitrogen and oxygen atoms in total. The fraction of sp³-hybridized carbons (Fsp3) is 0.348. The molecule has 2 aliphatic rings. The number of carbonyl (C=O) groups excluding carboxylic acids is 1. The van der Waals surface area contributed by atoms with E-state index in [0.29, 0.717) is 30.9 Å². The third kappa shape index (κ3) is 4.51. The van der Waals surface area contributed by atoms with Crippen LogP contribution in [0.4, 0.5) is 4.39 Å². The van der Waals surface area contributed by atoms with Gasteiger partial charge >= 0.3 is 0 Å². The second-order valence-electron chi connectivity index (χ2n) is 7.53. The average Bonchev–Trinajstić information content (AvgIpc) is 3.07. The van der Waals surface area contributed by atoms with Crippen LogP contribution < -0.4 is 15.4 Å². The lowest BCUT2D eigenvalue weighted by Crippen LogP contribution is -2.46. The Hall–Kier alpha value is -3.46. The van der Waals surface area contributed by atoms with Crippen molar-refractivity contribution in [2.45, 2.75) is 31.6 Å². The van der Waals surface area contributed by atoms with Gasteiger partial charge in [0.15, 0.2) is 0 Å². The second kappa shape index (κ2) is 9.13. The highest BCUT2D eigenvalue weighted by molar-refractivity contribution is 5.81. The summed E-state index contributed by atoms with van der Waals surface area (Å²) in [5.41, 5.74) is 3.07. The highest BCUT2D eigenvalue weighted by Gasteiger charge is 2.24. The molecule has 2 N–H and O–H groups in total. The topological polar surface area (TPSA) is 107 Å². The Morgan fingerprint density at radius 2 is 2.16 bits per heavy atom. The number of ether oxygens (including phenoxy) is 2. The molecule has 1 fully saturated rings. The minimum absolute atomic E-state index is 0.0562. The SMILES string of the molecule is N#Cc1cc2c(cc1F)-c1ccc(CC(C#N)NC(=O)[C@@H]3CNCCCO3)cc1CO2. The standard InChI is InChI=1S/C23H21FN4O3/c24-20-9-19-18-3-2-14(6-16(18)13-31-21(19)8-15(20)10-25)7-17(11-26)28-23(29)22-12-27-4-1-5-30-22/h2-3,6,8-9,17,22,27H,1,4-5,7,12-13H2,(H,28,29)/t17?,22-/m0/s1. The Balaban J connectivity index is 1.49. The smallest absolute Gasteiger partial charge is 0.251 e. The van der Waals surface area contributed by atoms with Crippen LogP contribution in [0.15, 0.2) is 30.3 Å². The zero-order chi connectivity index (χ0) is 21.8. The molecule has 2 atom stereocenters. The number of hydrogen-bond acceptors (Lipinski definition) is 6. The Labute approximate surface area is 179 Å². The Bertz CT molecular complexity index is 1080. The van der Waals surface area contributed by atoms with E-state index in [-0.39, 0.29) is 18.1 Å². The molecule has 0 spiro atoms. The first-order valence-corrected chi connectivity index (χ1v) is 10.1. The van der Waals surface area contributed by atoms with Gasteiger partial charge in [0.1, 0.15) is 36.4 Å². The van der Waals surface area contributed by atoms with Gasteiger partial charge in [0, 0.05) is 31.2 Å². The average molecular weight is 420 g/mol. The van der Waals surface area contributed by atoms with Crippen LogP contribution in [0.5, 0.6) is 5.75 Å². The molecule has 8 heteroatoms. The lowest BCUT2D eigenvalue weighted by molar-refractivity contribution is -0.132. The summed E-state index contributed by atoms with van der Waals surface area (Å²) in [6, 6.07) is 11.6. The third-order valence-corrected chi connectivity index (χ3v) is 5.38. The van der Waals surface area contributed by atoms with Gasteiger partial charge in [0.25, 0.3) is 5.91 Å². The molecule has 4 rings (SSSR count). The van der Waals surface area contributed by atoms with Gasteiger partial charge in [-0.25, -0.2) is 4.39 Å². The van der Waals surface area contributed by atoms with E-state index in [0.717, 1.165) is 29.7 Å². The molecule has 0 aromatic heterocycles. The summed E-state index contributed by atoms with van der Waals surface area (Å²) in [4.78, 5) is 12.5. The van der Waals surface area contributed by atoms with E-state index in [1.807, 2.05) is 24.3 Å². The van der Waals surface area contributed by atoms with Crippen LogP contribution in [0.1, 0.15) is 23.1 Å². The lowest BCUT2D eigenvalue weighted by atomic mass is 9.93. The highest BCUT2D eigenvalue weighted by atomic mass is 19.1. The molecule has 31 heavy (non-hydrogen) atoms. The third-order valence-electron chi connectivity index (χ3n) is 5.38. The molecule has 2 aromatic rings.